The molecule has 1 N–H and O–H groups in total. The van der Waals surface area contributed by atoms with Crippen LogP contribution in [0.5, 0.6) is 0 Å². The molecule has 0 aromatic heterocycles. The highest BCUT2D eigenvalue weighted by molar-refractivity contribution is 4.82. The number of ether oxygens (including phenoxy) is 1. The molecule has 0 aliphatic heterocycles. The van der Waals surface area contributed by atoms with Crippen molar-refractivity contribution in [1.29, 1.82) is 0 Å². The zero-order valence-corrected chi connectivity index (χ0v) is 16.8. The van der Waals surface area contributed by atoms with Crippen LogP contribution in [0.1, 0.15) is 124 Å². The van der Waals surface area contributed by atoms with Crippen molar-refractivity contribution in [3.05, 3.63) is 12.0 Å². The fraction of sp³-hybridized carbons (Fsp3) is 0.909. The van der Waals surface area contributed by atoms with E-state index in [1.165, 1.54) is 77.0 Å². The van der Waals surface area contributed by atoms with Gasteiger partial charge in [0.2, 0.25) is 0 Å². The van der Waals surface area contributed by atoms with Crippen molar-refractivity contribution in [3.63, 3.8) is 0 Å². The van der Waals surface area contributed by atoms with E-state index in [0.29, 0.717) is 0 Å². The van der Waals surface area contributed by atoms with E-state index in [2.05, 4.69) is 20.8 Å². The van der Waals surface area contributed by atoms with Gasteiger partial charge in [-0.1, -0.05) is 91.4 Å². The van der Waals surface area contributed by atoms with E-state index in [9.17, 15) is 5.11 Å². The molecule has 144 valence electrons. The Bertz CT molecular complexity index is 273. The van der Waals surface area contributed by atoms with Crippen LogP contribution in [0.25, 0.3) is 0 Å². The molecular weight excluding hydrogens is 296 g/mol. The lowest BCUT2D eigenvalue weighted by molar-refractivity contribution is 0.0233. The van der Waals surface area contributed by atoms with Gasteiger partial charge in [0.1, 0.15) is 6.10 Å². The summed E-state index contributed by atoms with van der Waals surface area (Å²) in [5, 5.41) is 9.89. The molecular formula is C22H44O2. The first-order valence-electron chi connectivity index (χ1n) is 10.8. The molecule has 0 aromatic carbocycles. The predicted octanol–water partition coefficient (Wildman–Crippen LogP) is 8.07. The van der Waals surface area contributed by atoms with E-state index >= 15 is 0 Å². The molecule has 0 heterocycles. The van der Waals surface area contributed by atoms with Crippen LogP contribution in [0.4, 0.5) is 0 Å². The molecule has 2 nitrogen and oxygen atoms in total. The molecule has 0 spiro atoms. The largest absolute Gasteiger partial charge is 0.481 e. The van der Waals surface area contributed by atoms with Gasteiger partial charge in [-0.05, 0) is 38.2 Å². The minimum Gasteiger partial charge on any atom is -0.481 e. The Morgan fingerprint density at radius 3 is 1.79 bits per heavy atom. The van der Waals surface area contributed by atoms with Gasteiger partial charge in [0.15, 0.2) is 0 Å². The van der Waals surface area contributed by atoms with Gasteiger partial charge < -0.3 is 9.84 Å². The van der Waals surface area contributed by atoms with Crippen molar-refractivity contribution in [2.45, 2.75) is 130 Å². The summed E-state index contributed by atoms with van der Waals surface area (Å²) < 4.78 is 5.69. The van der Waals surface area contributed by atoms with Crippen molar-refractivity contribution < 1.29 is 9.84 Å². The van der Waals surface area contributed by atoms with Gasteiger partial charge in [0.25, 0.3) is 5.95 Å². The van der Waals surface area contributed by atoms with Gasteiger partial charge in [-0.2, -0.15) is 0 Å². The van der Waals surface area contributed by atoms with Crippen LogP contribution in [-0.2, 0) is 4.74 Å². The van der Waals surface area contributed by atoms with Crippen LogP contribution in [0, 0.1) is 0 Å². The van der Waals surface area contributed by atoms with Gasteiger partial charge in [-0.3, -0.25) is 0 Å². The Morgan fingerprint density at radius 2 is 1.25 bits per heavy atom. The monoisotopic (exact) mass is 340 g/mol. The fourth-order valence-corrected chi connectivity index (χ4v) is 3.04. The third-order valence-corrected chi connectivity index (χ3v) is 4.75. The molecule has 0 unspecified atom stereocenters. The van der Waals surface area contributed by atoms with Crippen molar-refractivity contribution in [1.82, 2.24) is 0 Å². The summed E-state index contributed by atoms with van der Waals surface area (Å²) in [5.74, 6) is 0.147. The Kier molecular flexibility index (Phi) is 18.2. The van der Waals surface area contributed by atoms with Gasteiger partial charge in [0, 0.05) is 0 Å². The molecule has 24 heavy (non-hydrogen) atoms. The molecule has 0 aliphatic rings. The van der Waals surface area contributed by atoms with Gasteiger partial charge in [-0.15, -0.1) is 0 Å². The average Bonchev–Trinajstić information content (AvgIpc) is 2.59. The van der Waals surface area contributed by atoms with E-state index in [4.69, 9.17) is 4.74 Å². The second-order valence-corrected chi connectivity index (χ2v) is 7.16. The fourth-order valence-electron chi connectivity index (χ4n) is 3.04. The van der Waals surface area contributed by atoms with Crippen LogP contribution >= 0.6 is 0 Å². The summed E-state index contributed by atoms with van der Waals surface area (Å²) in [6, 6.07) is 0. The predicted molar refractivity (Wildman–Crippen MR) is 106 cm³/mol. The molecule has 0 radical (unpaired) electrons. The lowest BCUT2D eigenvalue weighted by Crippen LogP contribution is -2.11. The number of rotatable bonds is 18. The smallest absolute Gasteiger partial charge is 0.272 e. The van der Waals surface area contributed by atoms with Crippen molar-refractivity contribution in [2.24, 2.45) is 0 Å². The molecule has 0 amide bonds. The van der Waals surface area contributed by atoms with Crippen LogP contribution in [0.3, 0.4) is 0 Å². The molecule has 1 atom stereocenters. The maximum Gasteiger partial charge on any atom is 0.272 e. The minimum absolute atomic E-state index is 0.147. The van der Waals surface area contributed by atoms with Crippen molar-refractivity contribution in [2.75, 3.05) is 0 Å². The SMILES string of the molecule is CCCCCC/C=C(/O)O[C@@H](CC)CCCCCCCCCCC. The highest BCUT2D eigenvalue weighted by Gasteiger charge is 2.08. The third kappa shape index (κ3) is 16.2. The summed E-state index contributed by atoms with van der Waals surface area (Å²) >= 11 is 0. The van der Waals surface area contributed by atoms with E-state index in [1.54, 1.807) is 0 Å². The van der Waals surface area contributed by atoms with Crippen LogP contribution in [0.15, 0.2) is 12.0 Å². The number of aliphatic hydroxyl groups excluding tert-OH is 1. The Hall–Kier alpha value is -0.660. The van der Waals surface area contributed by atoms with Gasteiger partial charge >= 0.3 is 0 Å². The number of hydrogen-bond donors (Lipinski definition) is 1. The number of hydrogen-bond acceptors (Lipinski definition) is 2. The maximum absolute atomic E-state index is 9.89. The zero-order chi connectivity index (χ0) is 17.9. The molecule has 2 heteroatoms. The molecule has 0 saturated carbocycles. The molecule has 0 saturated heterocycles. The summed E-state index contributed by atoms with van der Waals surface area (Å²) in [7, 11) is 0. The molecule has 0 bridgehead atoms. The lowest BCUT2D eigenvalue weighted by atomic mass is 10.0. The molecule has 0 fully saturated rings. The lowest BCUT2D eigenvalue weighted by Gasteiger charge is -2.16. The minimum atomic E-state index is 0.147. The van der Waals surface area contributed by atoms with E-state index < -0.39 is 0 Å². The van der Waals surface area contributed by atoms with E-state index in [1.807, 2.05) is 6.08 Å². The van der Waals surface area contributed by atoms with Gasteiger partial charge in [0.05, 0.1) is 0 Å². The number of allylic oxidation sites excluding steroid dienone is 1. The summed E-state index contributed by atoms with van der Waals surface area (Å²) in [6.07, 6.45) is 22.1. The quantitative estimate of drug-likeness (QED) is 0.202. The van der Waals surface area contributed by atoms with E-state index in [0.717, 1.165) is 25.7 Å². The highest BCUT2D eigenvalue weighted by Crippen LogP contribution is 2.16. The molecule has 0 rings (SSSR count). The Morgan fingerprint density at radius 1 is 0.750 bits per heavy atom. The topological polar surface area (TPSA) is 29.5 Å². The summed E-state index contributed by atoms with van der Waals surface area (Å²) in [5.41, 5.74) is 0. The van der Waals surface area contributed by atoms with Crippen molar-refractivity contribution >= 4 is 0 Å². The van der Waals surface area contributed by atoms with E-state index in [-0.39, 0.29) is 12.0 Å². The second-order valence-electron chi connectivity index (χ2n) is 7.16. The van der Waals surface area contributed by atoms with Crippen molar-refractivity contribution in [3.8, 4) is 0 Å². The van der Waals surface area contributed by atoms with Crippen LogP contribution < -0.4 is 0 Å². The number of unbranched alkanes of at least 4 members (excludes halogenated alkanes) is 12. The Balaban J connectivity index is 3.59. The first kappa shape index (κ1) is 23.3. The third-order valence-electron chi connectivity index (χ3n) is 4.75. The number of aliphatic hydroxyl groups is 1. The molecule has 0 aliphatic carbocycles. The first-order chi connectivity index (χ1) is 11.7. The van der Waals surface area contributed by atoms with Gasteiger partial charge in [-0.25, -0.2) is 0 Å². The summed E-state index contributed by atoms with van der Waals surface area (Å²) in [4.78, 5) is 0. The van der Waals surface area contributed by atoms with Crippen LogP contribution in [0.2, 0.25) is 0 Å². The standard InChI is InChI=1S/C22H44O2/c1-4-7-9-11-12-13-14-16-17-19-21(6-3)24-22(23)20-18-15-10-8-5-2/h20-21,23H,4-19H2,1-3H3/b22-20-/t21-/m0/s1. The molecule has 0 aromatic rings. The zero-order valence-electron chi connectivity index (χ0n) is 16.8. The maximum atomic E-state index is 9.89. The Labute approximate surface area is 152 Å². The normalized spacial score (nSPS) is 13.2. The summed E-state index contributed by atoms with van der Waals surface area (Å²) in [6.45, 7) is 6.63. The van der Waals surface area contributed by atoms with Crippen LogP contribution in [-0.4, -0.2) is 11.2 Å². The first-order valence-corrected chi connectivity index (χ1v) is 10.8. The average molecular weight is 341 g/mol. The highest BCUT2D eigenvalue weighted by atomic mass is 16.6. The second kappa shape index (κ2) is 18.7.